The van der Waals surface area contributed by atoms with Gasteiger partial charge in [0.05, 0.1) is 17.3 Å². The standard InChI is InChI=1S/C18H19N5O4S3/c1-11(16(24)20-12-5-9-15(10-6-12)30(19,25)26)28-18-23-22-17(29-18)21-13-3-7-14(27-2)8-4-13/h3-11H,1-2H3,(H,20,24)(H,21,22)(H2,19,25,26). The Bertz CT molecular complexity index is 1120. The highest BCUT2D eigenvalue weighted by Gasteiger charge is 2.18. The van der Waals surface area contributed by atoms with Crippen LogP contribution in [0.2, 0.25) is 0 Å². The summed E-state index contributed by atoms with van der Waals surface area (Å²) in [5.41, 5.74) is 1.32. The van der Waals surface area contributed by atoms with Gasteiger partial charge in [0.15, 0.2) is 4.34 Å². The molecule has 0 aliphatic carbocycles. The molecule has 3 aromatic rings. The Hall–Kier alpha value is -2.67. The molecule has 3 rings (SSSR count). The maximum atomic E-state index is 12.4. The van der Waals surface area contributed by atoms with Crippen molar-refractivity contribution in [1.82, 2.24) is 10.2 Å². The first-order valence-electron chi connectivity index (χ1n) is 8.59. The second-order valence-electron chi connectivity index (χ2n) is 6.05. The SMILES string of the molecule is COc1ccc(Nc2nnc(SC(C)C(=O)Nc3ccc(S(N)(=O)=O)cc3)s2)cc1. The summed E-state index contributed by atoms with van der Waals surface area (Å²) in [5, 5.41) is 19.3. The maximum Gasteiger partial charge on any atom is 0.238 e. The van der Waals surface area contributed by atoms with Gasteiger partial charge in [-0.3, -0.25) is 4.79 Å². The molecular formula is C18H19N5O4S3. The molecule has 0 spiro atoms. The van der Waals surface area contributed by atoms with Crippen molar-refractivity contribution < 1.29 is 17.9 Å². The van der Waals surface area contributed by atoms with Crippen LogP contribution in [0, 0.1) is 0 Å². The monoisotopic (exact) mass is 465 g/mol. The molecule has 0 saturated carbocycles. The number of amides is 1. The van der Waals surface area contributed by atoms with Crippen molar-refractivity contribution in [3.8, 4) is 5.75 Å². The molecule has 2 aromatic carbocycles. The van der Waals surface area contributed by atoms with Crippen LogP contribution in [-0.2, 0) is 14.8 Å². The number of nitrogens with zero attached hydrogens (tertiary/aromatic N) is 2. The Kier molecular flexibility index (Phi) is 6.92. The number of nitrogens with two attached hydrogens (primary N) is 1. The molecule has 0 radical (unpaired) electrons. The van der Waals surface area contributed by atoms with E-state index in [0.717, 1.165) is 11.4 Å². The topological polar surface area (TPSA) is 136 Å². The van der Waals surface area contributed by atoms with Crippen molar-refractivity contribution >= 4 is 55.5 Å². The molecule has 9 nitrogen and oxygen atoms in total. The first kappa shape index (κ1) is 22.0. The third-order valence-corrected chi connectivity index (χ3v) is 6.80. The lowest BCUT2D eigenvalue weighted by Gasteiger charge is -2.10. The Morgan fingerprint density at radius 1 is 1.10 bits per heavy atom. The Labute approximate surface area is 182 Å². The van der Waals surface area contributed by atoms with E-state index in [1.54, 1.807) is 14.0 Å². The highest BCUT2D eigenvalue weighted by molar-refractivity contribution is 8.02. The molecule has 12 heteroatoms. The van der Waals surface area contributed by atoms with Crippen molar-refractivity contribution in [3.63, 3.8) is 0 Å². The van der Waals surface area contributed by atoms with Gasteiger partial charge < -0.3 is 15.4 Å². The van der Waals surface area contributed by atoms with E-state index in [1.165, 1.54) is 47.4 Å². The van der Waals surface area contributed by atoms with Crippen LogP contribution in [0.4, 0.5) is 16.5 Å². The number of rotatable bonds is 8. The minimum atomic E-state index is -3.77. The van der Waals surface area contributed by atoms with Gasteiger partial charge in [0.1, 0.15) is 5.75 Å². The summed E-state index contributed by atoms with van der Waals surface area (Å²) in [6.45, 7) is 1.75. The number of methoxy groups -OCH3 is 1. The largest absolute Gasteiger partial charge is 0.497 e. The molecule has 1 amide bonds. The summed E-state index contributed by atoms with van der Waals surface area (Å²) in [7, 11) is -2.17. The van der Waals surface area contributed by atoms with E-state index >= 15 is 0 Å². The van der Waals surface area contributed by atoms with E-state index in [2.05, 4.69) is 20.8 Å². The van der Waals surface area contributed by atoms with Gasteiger partial charge in [0.25, 0.3) is 0 Å². The zero-order chi connectivity index (χ0) is 21.7. The number of hydrogen-bond donors (Lipinski definition) is 3. The van der Waals surface area contributed by atoms with Crippen molar-refractivity contribution in [1.29, 1.82) is 0 Å². The van der Waals surface area contributed by atoms with Gasteiger partial charge in [0, 0.05) is 11.4 Å². The quantitative estimate of drug-likeness (QED) is 0.432. The predicted molar refractivity (Wildman–Crippen MR) is 118 cm³/mol. The van der Waals surface area contributed by atoms with E-state index in [1.807, 2.05) is 24.3 Å². The molecule has 1 unspecified atom stereocenters. The van der Waals surface area contributed by atoms with Crippen molar-refractivity contribution in [2.75, 3.05) is 17.7 Å². The molecule has 1 heterocycles. The molecule has 30 heavy (non-hydrogen) atoms. The van der Waals surface area contributed by atoms with E-state index in [0.29, 0.717) is 15.2 Å². The van der Waals surface area contributed by atoms with E-state index in [-0.39, 0.29) is 10.8 Å². The van der Waals surface area contributed by atoms with Gasteiger partial charge in [-0.25, -0.2) is 13.6 Å². The average molecular weight is 466 g/mol. The zero-order valence-corrected chi connectivity index (χ0v) is 18.5. The second-order valence-corrected chi connectivity index (χ2v) is 10.2. The predicted octanol–water partition coefficient (Wildman–Crippen LogP) is 3.06. The van der Waals surface area contributed by atoms with Gasteiger partial charge >= 0.3 is 0 Å². The highest BCUT2D eigenvalue weighted by atomic mass is 32.2. The summed E-state index contributed by atoms with van der Waals surface area (Å²) in [5.74, 6) is 0.511. The van der Waals surface area contributed by atoms with Crippen LogP contribution in [0.3, 0.4) is 0 Å². The second kappa shape index (κ2) is 9.43. The van der Waals surface area contributed by atoms with Gasteiger partial charge in [-0.15, -0.1) is 10.2 Å². The van der Waals surface area contributed by atoms with E-state index in [9.17, 15) is 13.2 Å². The molecule has 0 saturated heterocycles. The summed E-state index contributed by atoms with van der Waals surface area (Å²) in [6, 6.07) is 13.0. The van der Waals surface area contributed by atoms with Crippen LogP contribution in [0.15, 0.2) is 57.8 Å². The van der Waals surface area contributed by atoms with Gasteiger partial charge in [0.2, 0.25) is 21.1 Å². The number of anilines is 3. The number of hydrogen-bond acceptors (Lipinski definition) is 9. The number of aromatic nitrogens is 2. The van der Waals surface area contributed by atoms with E-state index < -0.39 is 15.3 Å². The average Bonchev–Trinajstić information content (AvgIpc) is 3.15. The van der Waals surface area contributed by atoms with Crippen LogP contribution in [0.1, 0.15) is 6.92 Å². The fraction of sp³-hybridized carbons (Fsp3) is 0.167. The Balaban J connectivity index is 1.56. The van der Waals surface area contributed by atoms with Crippen molar-refractivity contribution in [3.05, 3.63) is 48.5 Å². The molecule has 0 aliphatic heterocycles. The maximum absolute atomic E-state index is 12.4. The number of thioether (sulfide) groups is 1. The number of ether oxygens (including phenoxy) is 1. The normalized spacial score (nSPS) is 12.2. The van der Waals surface area contributed by atoms with E-state index in [4.69, 9.17) is 9.88 Å². The van der Waals surface area contributed by atoms with Gasteiger partial charge in [-0.05, 0) is 55.5 Å². The fourth-order valence-corrected chi connectivity index (χ4v) is 4.71. The fourth-order valence-electron chi connectivity index (χ4n) is 2.28. The first-order valence-corrected chi connectivity index (χ1v) is 11.8. The number of benzene rings is 2. The lowest BCUT2D eigenvalue weighted by molar-refractivity contribution is -0.115. The Morgan fingerprint density at radius 2 is 1.73 bits per heavy atom. The van der Waals surface area contributed by atoms with Crippen LogP contribution >= 0.6 is 23.1 Å². The van der Waals surface area contributed by atoms with Crippen molar-refractivity contribution in [2.24, 2.45) is 5.14 Å². The molecule has 1 aromatic heterocycles. The third kappa shape index (κ3) is 5.92. The molecule has 0 aliphatic rings. The summed E-state index contributed by atoms with van der Waals surface area (Å²) in [4.78, 5) is 12.4. The van der Waals surface area contributed by atoms with Gasteiger partial charge in [-0.1, -0.05) is 23.1 Å². The lowest BCUT2D eigenvalue weighted by atomic mass is 10.3. The number of carbonyl (C=O) groups excluding carboxylic acids is 1. The molecule has 0 bridgehead atoms. The zero-order valence-electron chi connectivity index (χ0n) is 16.0. The highest BCUT2D eigenvalue weighted by Crippen LogP contribution is 2.31. The number of nitrogens with one attached hydrogen (secondary N) is 2. The number of sulfonamides is 1. The number of primary sulfonamides is 1. The minimum Gasteiger partial charge on any atom is -0.497 e. The van der Waals surface area contributed by atoms with Gasteiger partial charge in [-0.2, -0.15) is 0 Å². The van der Waals surface area contributed by atoms with Crippen LogP contribution in [0.5, 0.6) is 5.75 Å². The van der Waals surface area contributed by atoms with Crippen LogP contribution in [0.25, 0.3) is 0 Å². The van der Waals surface area contributed by atoms with Crippen LogP contribution in [-0.4, -0.2) is 36.9 Å². The minimum absolute atomic E-state index is 0.0197. The number of carbonyl (C=O) groups is 1. The van der Waals surface area contributed by atoms with Crippen LogP contribution < -0.4 is 20.5 Å². The molecule has 4 N–H and O–H groups in total. The summed E-state index contributed by atoms with van der Waals surface area (Å²) < 4.78 is 28.3. The summed E-state index contributed by atoms with van der Waals surface area (Å²) >= 11 is 2.60. The third-order valence-electron chi connectivity index (χ3n) is 3.84. The summed E-state index contributed by atoms with van der Waals surface area (Å²) in [6.07, 6.45) is 0. The molecule has 158 valence electrons. The smallest absolute Gasteiger partial charge is 0.238 e. The molecule has 1 atom stereocenters. The van der Waals surface area contributed by atoms with Crippen molar-refractivity contribution in [2.45, 2.75) is 21.4 Å². The lowest BCUT2D eigenvalue weighted by Crippen LogP contribution is -2.22. The Morgan fingerprint density at radius 3 is 2.33 bits per heavy atom. The molecule has 0 fully saturated rings. The first-order chi connectivity index (χ1) is 14.2. The molecular weight excluding hydrogens is 446 g/mol.